The van der Waals surface area contributed by atoms with Gasteiger partial charge >= 0.3 is 5.97 Å². The van der Waals surface area contributed by atoms with Crippen LogP contribution in [0.25, 0.3) is 0 Å². The highest BCUT2D eigenvalue weighted by atomic mass is 16.4. The van der Waals surface area contributed by atoms with Crippen LogP contribution in [0.15, 0.2) is 34.9 Å². The maximum atomic E-state index is 11.9. The molecular formula is C18H26O3. The van der Waals surface area contributed by atoms with Gasteiger partial charge in [0.15, 0.2) is 5.78 Å². The van der Waals surface area contributed by atoms with Crippen LogP contribution in [-0.2, 0) is 9.59 Å². The number of hydrogen-bond acceptors (Lipinski definition) is 2. The predicted octanol–water partition coefficient (Wildman–Crippen LogP) is 4.45. The first-order chi connectivity index (χ1) is 9.82. The molecule has 0 heterocycles. The summed E-state index contributed by atoms with van der Waals surface area (Å²) in [5.41, 5.74) is 1.38. The van der Waals surface area contributed by atoms with Crippen LogP contribution in [0.1, 0.15) is 59.8 Å². The number of carboxylic acids is 1. The summed E-state index contributed by atoms with van der Waals surface area (Å²) in [4.78, 5) is 23.5. The second-order valence-electron chi connectivity index (χ2n) is 6.02. The molecule has 0 spiro atoms. The minimum atomic E-state index is -0.960. The Morgan fingerprint density at radius 2 is 2.10 bits per heavy atom. The first kappa shape index (κ1) is 17.4. The Balaban J connectivity index is 3.05. The molecule has 0 radical (unpaired) electrons. The van der Waals surface area contributed by atoms with Crippen molar-refractivity contribution >= 4 is 11.8 Å². The van der Waals surface area contributed by atoms with Crippen LogP contribution in [0, 0.1) is 5.41 Å². The molecule has 0 bridgehead atoms. The molecule has 0 aromatic heterocycles. The molecule has 0 unspecified atom stereocenters. The zero-order valence-electron chi connectivity index (χ0n) is 13.5. The third kappa shape index (κ3) is 4.16. The van der Waals surface area contributed by atoms with Crippen LogP contribution in [0.5, 0.6) is 0 Å². The van der Waals surface area contributed by atoms with E-state index in [9.17, 15) is 14.7 Å². The van der Waals surface area contributed by atoms with Crippen LogP contribution < -0.4 is 0 Å². The highest BCUT2D eigenvalue weighted by Gasteiger charge is 2.41. The van der Waals surface area contributed by atoms with Crippen LogP contribution in [0.4, 0.5) is 0 Å². The third-order valence-corrected chi connectivity index (χ3v) is 4.28. The number of allylic oxidation sites excluding steroid dienone is 5. The van der Waals surface area contributed by atoms with E-state index < -0.39 is 11.4 Å². The van der Waals surface area contributed by atoms with E-state index in [2.05, 4.69) is 13.0 Å². The number of ketones is 1. The zero-order valence-corrected chi connectivity index (χ0v) is 13.5. The standard InChI is InChI=1S/C18H26O3/c1-5-6-7-8-13(2)9-10-15-14(3)16(19)11-12-18(15,4)17(20)21/h8-10H,5-7,11-12H2,1-4H3,(H,20,21)/t18-/m0/s1. The first-order valence-electron chi connectivity index (χ1n) is 7.65. The average molecular weight is 290 g/mol. The molecule has 1 aliphatic rings. The second kappa shape index (κ2) is 7.39. The van der Waals surface area contributed by atoms with Gasteiger partial charge in [-0.2, -0.15) is 0 Å². The lowest BCUT2D eigenvalue weighted by molar-refractivity contribution is -0.146. The maximum Gasteiger partial charge on any atom is 0.313 e. The van der Waals surface area contributed by atoms with Crippen molar-refractivity contribution in [2.75, 3.05) is 0 Å². The van der Waals surface area contributed by atoms with Gasteiger partial charge in [0, 0.05) is 6.42 Å². The minimum absolute atomic E-state index is 0.0565. The van der Waals surface area contributed by atoms with Crippen molar-refractivity contribution in [2.45, 2.75) is 59.8 Å². The van der Waals surface area contributed by atoms with E-state index in [0.717, 1.165) is 24.8 Å². The van der Waals surface area contributed by atoms with E-state index in [1.807, 2.05) is 19.1 Å². The molecule has 0 fully saturated rings. The predicted molar refractivity (Wildman–Crippen MR) is 85.1 cm³/mol. The number of hydrogen-bond donors (Lipinski definition) is 1. The molecule has 0 saturated heterocycles. The summed E-state index contributed by atoms with van der Waals surface area (Å²) in [5, 5.41) is 9.52. The maximum absolute atomic E-state index is 11.9. The quantitative estimate of drug-likeness (QED) is 0.581. The SMILES string of the molecule is CCCCC=C(C)C=CC1=C(C)C(=O)CC[C@]1(C)C(=O)O. The average Bonchev–Trinajstić information content (AvgIpc) is 2.43. The summed E-state index contributed by atoms with van der Waals surface area (Å²) in [6, 6.07) is 0. The van der Waals surface area contributed by atoms with Gasteiger partial charge in [-0.25, -0.2) is 0 Å². The molecule has 1 N–H and O–H groups in total. The lowest BCUT2D eigenvalue weighted by atomic mass is 9.70. The van der Waals surface area contributed by atoms with Gasteiger partial charge in [-0.1, -0.05) is 43.6 Å². The van der Waals surface area contributed by atoms with Gasteiger partial charge in [0.05, 0.1) is 5.41 Å². The summed E-state index contributed by atoms with van der Waals surface area (Å²) in [6.45, 7) is 7.60. The number of rotatable bonds is 6. The van der Waals surface area contributed by atoms with Crippen molar-refractivity contribution < 1.29 is 14.7 Å². The second-order valence-corrected chi connectivity index (χ2v) is 6.02. The summed E-state index contributed by atoms with van der Waals surface area (Å²) < 4.78 is 0. The van der Waals surface area contributed by atoms with Gasteiger partial charge in [0.1, 0.15) is 0 Å². The number of carbonyl (C=O) groups is 2. The van der Waals surface area contributed by atoms with Crippen LogP contribution in [0.3, 0.4) is 0 Å². The molecule has 3 nitrogen and oxygen atoms in total. The topological polar surface area (TPSA) is 54.4 Å². The lowest BCUT2D eigenvalue weighted by Gasteiger charge is -2.31. The van der Waals surface area contributed by atoms with Gasteiger partial charge in [-0.05, 0) is 44.8 Å². The molecular weight excluding hydrogens is 264 g/mol. The number of aliphatic carboxylic acids is 1. The van der Waals surface area contributed by atoms with Gasteiger partial charge in [0.25, 0.3) is 0 Å². The van der Waals surface area contributed by atoms with Gasteiger partial charge in [-0.15, -0.1) is 0 Å². The molecule has 0 aliphatic heterocycles. The van der Waals surface area contributed by atoms with Crippen molar-refractivity contribution in [2.24, 2.45) is 5.41 Å². The van der Waals surface area contributed by atoms with E-state index >= 15 is 0 Å². The smallest absolute Gasteiger partial charge is 0.313 e. The molecule has 0 aromatic rings. The Morgan fingerprint density at radius 3 is 2.67 bits per heavy atom. The van der Waals surface area contributed by atoms with Gasteiger partial charge < -0.3 is 5.11 Å². The first-order valence-corrected chi connectivity index (χ1v) is 7.65. The summed E-state index contributed by atoms with van der Waals surface area (Å²) in [5.74, 6) is -0.803. The van der Waals surface area contributed by atoms with Crippen molar-refractivity contribution in [3.05, 3.63) is 34.9 Å². The van der Waals surface area contributed by atoms with Crippen molar-refractivity contribution in [3.63, 3.8) is 0 Å². The fourth-order valence-electron chi connectivity index (χ4n) is 2.60. The lowest BCUT2D eigenvalue weighted by Crippen LogP contribution is -2.34. The molecule has 3 heteroatoms. The van der Waals surface area contributed by atoms with Crippen LogP contribution >= 0.6 is 0 Å². The Labute approximate surface area is 127 Å². The van der Waals surface area contributed by atoms with Gasteiger partial charge in [-0.3, -0.25) is 9.59 Å². The van der Waals surface area contributed by atoms with Crippen molar-refractivity contribution in [1.29, 1.82) is 0 Å². The van der Waals surface area contributed by atoms with E-state index in [1.165, 1.54) is 0 Å². The van der Waals surface area contributed by atoms with Crippen molar-refractivity contribution in [3.8, 4) is 0 Å². The molecule has 116 valence electrons. The Morgan fingerprint density at radius 1 is 1.43 bits per heavy atom. The van der Waals surface area contributed by atoms with Crippen LogP contribution in [-0.4, -0.2) is 16.9 Å². The largest absolute Gasteiger partial charge is 0.481 e. The van der Waals surface area contributed by atoms with E-state index in [0.29, 0.717) is 24.0 Å². The summed E-state index contributed by atoms with van der Waals surface area (Å²) in [6.07, 6.45) is 9.92. The number of unbranched alkanes of at least 4 members (excludes halogenated alkanes) is 2. The van der Waals surface area contributed by atoms with Crippen LogP contribution in [0.2, 0.25) is 0 Å². The van der Waals surface area contributed by atoms with Gasteiger partial charge in [0.2, 0.25) is 0 Å². The molecule has 0 saturated carbocycles. The minimum Gasteiger partial charge on any atom is -0.481 e. The fourth-order valence-corrected chi connectivity index (χ4v) is 2.60. The highest BCUT2D eigenvalue weighted by Crippen LogP contribution is 2.40. The Bertz CT molecular complexity index is 509. The number of carboxylic acid groups (broad SMARTS) is 1. The molecule has 21 heavy (non-hydrogen) atoms. The molecule has 1 rings (SSSR count). The number of Topliss-reactive ketones (excluding diaryl/α,β-unsaturated/α-hetero) is 1. The zero-order chi connectivity index (χ0) is 16.0. The fraction of sp³-hybridized carbons (Fsp3) is 0.556. The third-order valence-electron chi connectivity index (χ3n) is 4.28. The summed E-state index contributed by atoms with van der Waals surface area (Å²) in [7, 11) is 0. The van der Waals surface area contributed by atoms with E-state index in [1.54, 1.807) is 13.8 Å². The van der Waals surface area contributed by atoms with Crippen molar-refractivity contribution in [1.82, 2.24) is 0 Å². The van der Waals surface area contributed by atoms with E-state index in [4.69, 9.17) is 0 Å². The number of carbonyl (C=O) groups excluding carboxylic acids is 1. The molecule has 0 aromatic carbocycles. The Kier molecular flexibility index (Phi) is 6.13. The highest BCUT2D eigenvalue weighted by molar-refractivity contribution is 6.00. The monoisotopic (exact) mass is 290 g/mol. The molecule has 0 amide bonds. The normalized spacial score (nSPS) is 24.0. The molecule has 1 aliphatic carbocycles. The molecule has 1 atom stereocenters. The summed E-state index contributed by atoms with van der Waals surface area (Å²) >= 11 is 0. The van der Waals surface area contributed by atoms with E-state index in [-0.39, 0.29) is 5.78 Å². The Hall–Kier alpha value is -1.64.